The van der Waals surface area contributed by atoms with E-state index in [1.54, 1.807) is 12.1 Å². The topological polar surface area (TPSA) is 93.7 Å². The minimum Gasteiger partial charge on any atom is -0.465 e. The molecule has 1 unspecified atom stereocenters. The van der Waals surface area contributed by atoms with Gasteiger partial charge in [-0.15, -0.1) is 0 Å². The molecule has 8 heteroatoms. The number of hydrogen-bond donors (Lipinski definition) is 2. The second-order valence-corrected chi connectivity index (χ2v) is 11.3. The van der Waals surface area contributed by atoms with Gasteiger partial charge in [0.15, 0.2) is 0 Å². The van der Waals surface area contributed by atoms with Gasteiger partial charge in [0.1, 0.15) is 5.60 Å². The number of halogens is 1. The van der Waals surface area contributed by atoms with Crippen LogP contribution in [0.5, 0.6) is 0 Å². The Balaban J connectivity index is 1.63. The Hall–Kier alpha value is -2.28. The van der Waals surface area contributed by atoms with Crippen molar-refractivity contribution in [1.29, 1.82) is 0 Å². The number of hydrogen-bond acceptors (Lipinski definition) is 5. The van der Waals surface area contributed by atoms with Gasteiger partial charge in [-0.05, 0) is 89.3 Å². The van der Waals surface area contributed by atoms with E-state index in [9.17, 15) is 14.4 Å². The molecule has 2 N–H and O–H groups in total. The molecular formula is C27H39ClN2O5. The van der Waals surface area contributed by atoms with Crippen LogP contribution in [0.15, 0.2) is 24.3 Å². The standard InChI is InChI=1S/C27H39ClN2O5/c1-5-16-34-23(31)19-8-6-18(7-9-19)22(30-25(33)35-26(2,3)4)17-29-24(32)27(14-15-27)20-10-12-21(28)13-11-20/h10-13,18-19,22H,5-9,14-17H2,1-4H3,(H,29,32)(H,30,33). The van der Waals surface area contributed by atoms with Crippen LogP contribution < -0.4 is 10.6 Å². The second kappa shape index (κ2) is 11.6. The minimum absolute atomic E-state index is 0.0346. The Kier molecular flexibility index (Phi) is 9.08. The van der Waals surface area contributed by atoms with Gasteiger partial charge < -0.3 is 20.1 Å². The van der Waals surface area contributed by atoms with Crippen LogP contribution in [-0.2, 0) is 24.5 Å². The van der Waals surface area contributed by atoms with Crippen LogP contribution in [0.25, 0.3) is 0 Å². The number of ether oxygens (including phenoxy) is 2. The van der Waals surface area contributed by atoms with Crippen molar-refractivity contribution in [1.82, 2.24) is 10.6 Å². The molecule has 1 aromatic rings. The maximum absolute atomic E-state index is 13.2. The van der Waals surface area contributed by atoms with Gasteiger partial charge in [-0.2, -0.15) is 0 Å². The maximum atomic E-state index is 13.2. The fraction of sp³-hybridized carbons (Fsp3) is 0.667. The number of amides is 2. The van der Waals surface area contributed by atoms with Crippen LogP contribution >= 0.6 is 11.6 Å². The van der Waals surface area contributed by atoms with Crippen LogP contribution in [0, 0.1) is 11.8 Å². The van der Waals surface area contributed by atoms with Crippen molar-refractivity contribution < 1.29 is 23.9 Å². The summed E-state index contributed by atoms with van der Waals surface area (Å²) < 4.78 is 10.8. The summed E-state index contributed by atoms with van der Waals surface area (Å²) in [6.45, 7) is 8.19. The molecule has 35 heavy (non-hydrogen) atoms. The lowest BCUT2D eigenvalue weighted by Crippen LogP contribution is -2.51. The van der Waals surface area contributed by atoms with Crippen LogP contribution in [0.3, 0.4) is 0 Å². The summed E-state index contributed by atoms with van der Waals surface area (Å²) in [6, 6.07) is 7.14. The summed E-state index contributed by atoms with van der Waals surface area (Å²) in [5.41, 5.74) is -0.186. The Labute approximate surface area is 213 Å². The molecule has 0 spiro atoms. The van der Waals surface area contributed by atoms with Gasteiger partial charge in [0.05, 0.1) is 24.0 Å². The zero-order valence-electron chi connectivity index (χ0n) is 21.3. The Morgan fingerprint density at radius 2 is 1.71 bits per heavy atom. The highest BCUT2D eigenvalue weighted by Crippen LogP contribution is 2.48. The number of alkyl carbamates (subject to hydrolysis) is 1. The van der Waals surface area contributed by atoms with Crippen molar-refractivity contribution in [2.45, 2.75) is 89.7 Å². The fourth-order valence-electron chi connectivity index (χ4n) is 4.78. The SMILES string of the molecule is CCCOC(=O)C1CCC(C(CNC(=O)C2(c3ccc(Cl)cc3)CC2)NC(=O)OC(C)(C)C)CC1. The van der Waals surface area contributed by atoms with E-state index in [2.05, 4.69) is 10.6 Å². The molecule has 0 radical (unpaired) electrons. The summed E-state index contributed by atoms with van der Waals surface area (Å²) >= 11 is 6.02. The summed E-state index contributed by atoms with van der Waals surface area (Å²) in [4.78, 5) is 38.1. The molecule has 2 amide bonds. The highest BCUT2D eigenvalue weighted by molar-refractivity contribution is 6.30. The number of nitrogens with one attached hydrogen (secondary N) is 2. The van der Waals surface area contributed by atoms with Gasteiger partial charge in [-0.25, -0.2) is 4.79 Å². The van der Waals surface area contributed by atoms with E-state index in [0.29, 0.717) is 31.0 Å². The van der Waals surface area contributed by atoms with Crippen molar-refractivity contribution in [2.75, 3.05) is 13.2 Å². The molecule has 1 atom stereocenters. The molecule has 7 nitrogen and oxygen atoms in total. The summed E-state index contributed by atoms with van der Waals surface area (Å²) in [7, 11) is 0. The largest absolute Gasteiger partial charge is 0.465 e. The normalized spacial score (nSPS) is 22.0. The van der Waals surface area contributed by atoms with Crippen LogP contribution in [-0.4, -0.2) is 42.8 Å². The first-order chi connectivity index (χ1) is 16.5. The molecule has 2 saturated carbocycles. The van der Waals surface area contributed by atoms with Crippen LogP contribution in [0.2, 0.25) is 5.02 Å². The third-order valence-corrected chi connectivity index (χ3v) is 7.14. The zero-order chi connectivity index (χ0) is 25.6. The smallest absolute Gasteiger partial charge is 0.407 e. The molecule has 2 aliphatic rings. The fourth-order valence-corrected chi connectivity index (χ4v) is 4.91. The van der Waals surface area contributed by atoms with Crippen molar-refractivity contribution in [2.24, 2.45) is 11.8 Å². The first-order valence-corrected chi connectivity index (χ1v) is 13.1. The molecule has 0 saturated heterocycles. The van der Waals surface area contributed by atoms with E-state index in [1.807, 2.05) is 39.8 Å². The average Bonchev–Trinajstić information content (AvgIpc) is 3.61. The predicted molar refractivity (Wildman–Crippen MR) is 135 cm³/mol. The van der Waals surface area contributed by atoms with Gasteiger partial charge in [0.2, 0.25) is 5.91 Å². The second-order valence-electron chi connectivity index (χ2n) is 10.8. The van der Waals surface area contributed by atoms with Crippen LogP contribution in [0.4, 0.5) is 4.79 Å². The first kappa shape index (κ1) is 27.3. The van der Waals surface area contributed by atoms with Gasteiger partial charge in [0.25, 0.3) is 0 Å². The number of carbonyl (C=O) groups is 3. The Bertz CT molecular complexity index is 884. The van der Waals surface area contributed by atoms with Gasteiger partial charge in [0, 0.05) is 11.6 Å². The molecule has 0 bridgehead atoms. The molecule has 0 heterocycles. The van der Waals surface area contributed by atoms with E-state index < -0.39 is 17.1 Å². The van der Waals surface area contributed by atoms with E-state index in [0.717, 1.165) is 37.7 Å². The lowest BCUT2D eigenvalue weighted by Gasteiger charge is -2.34. The Morgan fingerprint density at radius 3 is 2.26 bits per heavy atom. The number of esters is 1. The highest BCUT2D eigenvalue weighted by atomic mass is 35.5. The maximum Gasteiger partial charge on any atom is 0.407 e. The molecule has 0 aromatic heterocycles. The molecule has 3 rings (SSSR count). The molecule has 2 fully saturated rings. The highest BCUT2D eigenvalue weighted by Gasteiger charge is 2.51. The molecule has 2 aliphatic carbocycles. The van der Waals surface area contributed by atoms with E-state index >= 15 is 0 Å². The molecule has 194 valence electrons. The van der Waals surface area contributed by atoms with E-state index in [-0.39, 0.29) is 29.8 Å². The quantitative estimate of drug-likeness (QED) is 0.452. The van der Waals surface area contributed by atoms with Crippen LogP contribution in [0.1, 0.15) is 78.2 Å². The zero-order valence-corrected chi connectivity index (χ0v) is 22.1. The van der Waals surface area contributed by atoms with Gasteiger partial charge >= 0.3 is 12.1 Å². The van der Waals surface area contributed by atoms with E-state index in [1.165, 1.54) is 0 Å². The number of carbonyl (C=O) groups excluding carboxylic acids is 3. The van der Waals surface area contributed by atoms with Crippen molar-refractivity contribution in [3.8, 4) is 0 Å². The Morgan fingerprint density at radius 1 is 1.09 bits per heavy atom. The van der Waals surface area contributed by atoms with Gasteiger partial charge in [-0.3, -0.25) is 9.59 Å². The molecule has 1 aromatic carbocycles. The lowest BCUT2D eigenvalue weighted by atomic mass is 9.78. The minimum atomic E-state index is -0.620. The van der Waals surface area contributed by atoms with Gasteiger partial charge in [-0.1, -0.05) is 30.7 Å². The molecular weight excluding hydrogens is 468 g/mol. The monoisotopic (exact) mass is 506 g/mol. The number of benzene rings is 1. The average molecular weight is 507 g/mol. The lowest BCUT2D eigenvalue weighted by molar-refractivity contribution is -0.150. The summed E-state index contributed by atoms with van der Waals surface area (Å²) in [6.07, 6.45) is 4.84. The summed E-state index contributed by atoms with van der Waals surface area (Å²) in [5.74, 6) is -0.139. The third-order valence-electron chi connectivity index (χ3n) is 6.89. The first-order valence-electron chi connectivity index (χ1n) is 12.7. The van der Waals surface area contributed by atoms with Crippen molar-refractivity contribution >= 4 is 29.6 Å². The molecule has 0 aliphatic heterocycles. The summed E-state index contributed by atoms with van der Waals surface area (Å²) in [5, 5.41) is 6.72. The van der Waals surface area contributed by atoms with Crippen molar-refractivity contribution in [3.63, 3.8) is 0 Å². The van der Waals surface area contributed by atoms with Crippen molar-refractivity contribution in [3.05, 3.63) is 34.9 Å². The van der Waals surface area contributed by atoms with E-state index in [4.69, 9.17) is 21.1 Å². The number of rotatable bonds is 9. The third kappa shape index (κ3) is 7.60. The predicted octanol–water partition coefficient (Wildman–Crippen LogP) is 5.14.